The molecule has 1 aliphatic heterocycles. The fraction of sp³-hybridized carbons (Fsp3) is 0.350. The number of aromatic nitrogens is 2. The summed E-state index contributed by atoms with van der Waals surface area (Å²) < 4.78 is 40.2. The van der Waals surface area contributed by atoms with E-state index in [-0.39, 0.29) is 6.04 Å². The first-order valence-corrected chi connectivity index (χ1v) is 8.92. The molecule has 1 N–H and O–H groups in total. The minimum atomic E-state index is -0.883. The van der Waals surface area contributed by atoms with Gasteiger partial charge >= 0.3 is 0 Å². The van der Waals surface area contributed by atoms with Crippen LogP contribution in [0.1, 0.15) is 18.9 Å². The van der Waals surface area contributed by atoms with E-state index in [0.29, 0.717) is 22.9 Å². The lowest BCUT2D eigenvalue weighted by Crippen LogP contribution is -2.29. The van der Waals surface area contributed by atoms with Crippen LogP contribution in [0.5, 0.6) is 11.5 Å². The summed E-state index contributed by atoms with van der Waals surface area (Å²) in [5.41, 5.74) is 2.16. The fourth-order valence-electron chi connectivity index (χ4n) is 3.70. The molecule has 0 unspecified atom stereocenters. The monoisotopic (exact) mass is 373 g/mol. The van der Waals surface area contributed by atoms with Crippen LogP contribution in [0.2, 0.25) is 0 Å². The molecule has 1 fully saturated rings. The zero-order valence-corrected chi connectivity index (χ0v) is 15.3. The Bertz CT molecular complexity index is 981. The normalized spacial score (nSPS) is 15.3. The van der Waals surface area contributed by atoms with Crippen molar-refractivity contribution in [2.24, 2.45) is 0 Å². The summed E-state index contributed by atoms with van der Waals surface area (Å²) in [7, 11) is 3.16. The Kier molecular flexibility index (Phi) is 4.70. The van der Waals surface area contributed by atoms with Crippen LogP contribution >= 0.6 is 0 Å². The molecule has 27 heavy (non-hydrogen) atoms. The van der Waals surface area contributed by atoms with Gasteiger partial charge in [0.05, 0.1) is 25.3 Å². The summed E-state index contributed by atoms with van der Waals surface area (Å²) in [5.74, 6) is 0.0537. The molecular weight excluding hydrogens is 352 g/mol. The molecule has 1 saturated heterocycles. The van der Waals surface area contributed by atoms with Crippen LogP contribution in [0, 0.1) is 11.6 Å². The number of hydrogen-bond donors (Lipinski definition) is 1. The number of halogens is 2. The molecule has 1 aliphatic rings. The average molecular weight is 373 g/mol. The first kappa shape index (κ1) is 17.7. The van der Waals surface area contributed by atoms with E-state index in [2.05, 4.69) is 9.88 Å². The number of methoxy groups -OCH3 is 2. The Morgan fingerprint density at radius 3 is 2.37 bits per heavy atom. The van der Waals surface area contributed by atoms with E-state index in [1.54, 1.807) is 20.3 Å². The topological polar surface area (TPSA) is 48.3 Å². The Hall–Kier alpha value is -2.67. The van der Waals surface area contributed by atoms with Gasteiger partial charge in [0, 0.05) is 23.7 Å². The van der Waals surface area contributed by atoms with E-state index in [1.807, 2.05) is 12.1 Å². The molecule has 2 heterocycles. The second-order valence-corrected chi connectivity index (χ2v) is 6.61. The van der Waals surface area contributed by atoms with Gasteiger partial charge in [0.1, 0.15) is 5.82 Å². The second-order valence-electron chi connectivity index (χ2n) is 6.61. The van der Waals surface area contributed by atoms with E-state index >= 15 is 0 Å². The zero-order valence-electron chi connectivity index (χ0n) is 15.3. The SMILES string of the molecule is COc1cc2nc(-c3ccc(F)c(F)c3)n(C3CCNCC3)c2cc1OC. The van der Waals surface area contributed by atoms with Gasteiger partial charge in [-0.2, -0.15) is 0 Å². The summed E-state index contributed by atoms with van der Waals surface area (Å²) in [5, 5.41) is 3.35. The lowest BCUT2D eigenvalue weighted by Gasteiger charge is -2.26. The molecule has 5 nitrogen and oxygen atoms in total. The number of imidazole rings is 1. The Balaban J connectivity index is 1.96. The first-order chi connectivity index (χ1) is 13.1. The third-order valence-electron chi connectivity index (χ3n) is 5.05. The molecule has 7 heteroatoms. The number of piperidine rings is 1. The molecule has 0 radical (unpaired) electrons. The van der Waals surface area contributed by atoms with Crippen molar-refractivity contribution < 1.29 is 18.3 Å². The lowest BCUT2D eigenvalue weighted by atomic mass is 10.1. The van der Waals surface area contributed by atoms with Crippen molar-refractivity contribution in [3.63, 3.8) is 0 Å². The van der Waals surface area contributed by atoms with Crippen molar-refractivity contribution in [3.05, 3.63) is 42.0 Å². The van der Waals surface area contributed by atoms with Crippen LogP contribution in [0.3, 0.4) is 0 Å². The third kappa shape index (κ3) is 3.12. The van der Waals surface area contributed by atoms with E-state index in [0.717, 1.165) is 43.0 Å². The van der Waals surface area contributed by atoms with Gasteiger partial charge in [0.2, 0.25) is 0 Å². The molecular formula is C20H21F2N3O2. The summed E-state index contributed by atoms with van der Waals surface area (Å²) >= 11 is 0. The molecule has 1 aromatic heterocycles. The largest absolute Gasteiger partial charge is 0.493 e. The van der Waals surface area contributed by atoms with Gasteiger partial charge in [-0.1, -0.05) is 0 Å². The average Bonchev–Trinajstić information content (AvgIpc) is 3.07. The Morgan fingerprint density at radius 1 is 1.00 bits per heavy atom. The smallest absolute Gasteiger partial charge is 0.163 e. The van der Waals surface area contributed by atoms with Crippen molar-refractivity contribution in [2.75, 3.05) is 27.3 Å². The molecule has 0 amide bonds. The maximum Gasteiger partial charge on any atom is 0.163 e. The maximum atomic E-state index is 13.9. The van der Waals surface area contributed by atoms with Crippen LogP contribution in [0.4, 0.5) is 8.78 Å². The Morgan fingerprint density at radius 2 is 1.70 bits per heavy atom. The molecule has 4 rings (SSSR count). The number of nitrogens with one attached hydrogen (secondary N) is 1. The predicted molar refractivity (Wildman–Crippen MR) is 99.3 cm³/mol. The number of fused-ring (bicyclic) bond motifs is 1. The zero-order chi connectivity index (χ0) is 19.0. The van der Waals surface area contributed by atoms with Gasteiger partial charge in [-0.05, 0) is 44.1 Å². The minimum Gasteiger partial charge on any atom is -0.493 e. The van der Waals surface area contributed by atoms with Gasteiger partial charge in [-0.15, -0.1) is 0 Å². The quantitative estimate of drug-likeness (QED) is 0.753. The van der Waals surface area contributed by atoms with Gasteiger partial charge in [-0.3, -0.25) is 0 Å². The van der Waals surface area contributed by atoms with Gasteiger partial charge < -0.3 is 19.4 Å². The maximum absolute atomic E-state index is 13.9. The molecule has 0 aliphatic carbocycles. The van der Waals surface area contributed by atoms with E-state index in [1.165, 1.54) is 6.07 Å². The van der Waals surface area contributed by atoms with Crippen LogP contribution in [0.25, 0.3) is 22.4 Å². The molecule has 0 spiro atoms. The number of rotatable bonds is 4. The lowest BCUT2D eigenvalue weighted by molar-refractivity contribution is 0.354. The van der Waals surface area contributed by atoms with Crippen molar-refractivity contribution in [2.45, 2.75) is 18.9 Å². The van der Waals surface area contributed by atoms with Crippen LogP contribution < -0.4 is 14.8 Å². The van der Waals surface area contributed by atoms with Crippen LogP contribution in [-0.4, -0.2) is 36.9 Å². The molecule has 0 bridgehead atoms. The van der Waals surface area contributed by atoms with E-state index < -0.39 is 11.6 Å². The first-order valence-electron chi connectivity index (χ1n) is 8.92. The minimum absolute atomic E-state index is 0.206. The van der Waals surface area contributed by atoms with Crippen molar-refractivity contribution >= 4 is 11.0 Å². The van der Waals surface area contributed by atoms with Crippen molar-refractivity contribution in [3.8, 4) is 22.9 Å². The van der Waals surface area contributed by atoms with Gasteiger partial charge in [-0.25, -0.2) is 13.8 Å². The number of nitrogens with zero attached hydrogens (tertiary/aromatic N) is 2. The van der Waals surface area contributed by atoms with E-state index in [4.69, 9.17) is 14.5 Å². The summed E-state index contributed by atoms with van der Waals surface area (Å²) in [4.78, 5) is 4.73. The highest BCUT2D eigenvalue weighted by Gasteiger charge is 2.24. The van der Waals surface area contributed by atoms with Gasteiger partial charge in [0.15, 0.2) is 23.1 Å². The predicted octanol–water partition coefficient (Wildman–Crippen LogP) is 3.92. The van der Waals surface area contributed by atoms with Gasteiger partial charge in [0.25, 0.3) is 0 Å². The van der Waals surface area contributed by atoms with E-state index in [9.17, 15) is 8.78 Å². The third-order valence-corrected chi connectivity index (χ3v) is 5.05. The summed E-state index contributed by atoms with van der Waals surface area (Å²) in [6.45, 7) is 1.80. The number of ether oxygens (including phenoxy) is 2. The highest BCUT2D eigenvalue weighted by atomic mass is 19.2. The van der Waals surface area contributed by atoms with Crippen molar-refractivity contribution in [1.29, 1.82) is 0 Å². The molecule has 3 aromatic rings. The standard InChI is InChI=1S/C20H21F2N3O2/c1-26-18-10-16-17(11-19(18)27-2)25(13-5-7-23-8-6-13)20(24-16)12-3-4-14(21)15(22)9-12/h3-4,9-11,13,23H,5-8H2,1-2H3. The van der Waals surface area contributed by atoms with Crippen LogP contribution in [0.15, 0.2) is 30.3 Å². The highest BCUT2D eigenvalue weighted by molar-refractivity contribution is 5.84. The number of hydrogen-bond acceptors (Lipinski definition) is 4. The molecule has 2 aromatic carbocycles. The van der Waals surface area contributed by atoms with Crippen LogP contribution in [-0.2, 0) is 0 Å². The molecule has 0 saturated carbocycles. The second kappa shape index (κ2) is 7.15. The molecule has 0 atom stereocenters. The summed E-state index contributed by atoms with van der Waals surface area (Å²) in [6, 6.07) is 7.81. The Labute approximate surface area is 155 Å². The summed E-state index contributed by atoms with van der Waals surface area (Å²) in [6.07, 6.45) is 1.85. The van der Waals surface area contributed by atoms with Crippen molar-refractivity contribution in [1.82, 2.24) is 14.9 Å². The molecule has 142 valence electrons. The fourth-order valence-corrected chi connectivity index (χ4v) is 3.70. The number of benzene rings is 2. The highest BCUT2D eigenvalue weighted by Crippen LogP contribution is 2.38.